The van der Waals surface area contributed by atoms with Crippen molar-refractivity contribution >= 4 is 29.6 Å². The Morgan fingerprint density at radius 2 is 2.05 bits per heavy atom. The van der Waals surface area contributed by atoms with E-state index in [0.29, 0.717) is 17.0 Å². The zero-order valence-electron chi connectivity index (χ0n) is 11.4. The van der Waals surface area contributed by atoms with E-state index in [-0.39, 0.29) is 12.5 Å². The van der Waals surface area contributed by atoms with Crippen LogP contribution < -0.4 is 0 Å². The summed E-state index contributed by atoms with van der Waals surface area (Å²) in [5, 5.41) is 0. The third kappa shape index (κ3) is 3.73. The lowest BCUT2D eigenvalue weighted by atomic mass is 10.3. The molecule has 0 aliphatic carbocycles. The summed E-state index contributed by atoms with van der Waals surface area (Å²) in [5.41, 5.74) is -0.0575. The van der Waals surface area contributed by atoms with Crippen LogP contribution in [-0.4, -0.2) is 41.8 Å². The normalized spacial score (nSPS) is 19.2. The van der Waals surface area contributed by atoms with Gasteiger partial charge in [-0.1, -0.05) is 18.7 Å². The molecule has 0 spiro atoms. The topological polar surface area (TPSA) is 72.9 Å². The lowest BCUT2D eigenvalue weighted by molar-refractivity contribution is -0.145. The van der Waals surface area contributed by atoms with Gasteiger partial charge in [0, 0.05) is 19.0 Å². The number of carbonyl (C=O) groups is 3. The Morgan fingerprint density at radius 3 is 2.53 bits per heavy atom. The Morgan fingerprint density at radius 1 is 1.42 bits per heavy atom. The fourth-order valence-corrected chi connectivity index (χ4v) is 2.81. The third-order valence-corrected chi connectivity index (χ3v) is 3.79. The minimum absolute atomic E-state index is 0.128. The molecule has 0 bridgehead atoms. The van der Waals surface area contributed by atoms with Crippen LogP contribution in [0.2, 0.25) is 0 Å². The van der Waals surface area contributed by atoms with E-state index in [1.165, 1.54) is 18.9 Å². The van der Waals surface area contributed by atoms with E-state index in [4.69, 9.17) is 4.74 Å². The SMILES string of the molecule is CCC(=O)N1CC(OC(C)=O)SC(C(=O)OC)=C1C. The van der Waals surface area contributed by atoms with E-state index in [1.54, 1.807) is 13.8 Å². The summed E-state index contributed by atoms with van der Waals surface area (Å²) in [7, 11) is 1.27. The standard InChI is InChI=1S/C12H17NO5S/c1-5-9(15)13-6-10(18-8(3)14)19-11(7(13)2)12(16)17-4/h10H,5-6H2,1-4H3. The molecule has 0 saturated heterocycles. The first-order valence-corrected chi connectivity index (χ1v) is 6.72. The van der Waals surface area contributed by atoms with Crippen molar-refractivity contribution in [2.45, 2.75) is 32.6 Å². The smallest absolute Gasteiger partial charge is 0.346 e. The van der Waals surface area contributed by atoms with Gasteiger partial charge in [0.2, 0.25) is 5.91 Å². The summed E-state index contributed by atoms with van der Waals surface area (Å²) in [5.74, 6) is -1.12. The van der Waals surface area contributed by atoms with Crippen LogP contribution in [0.4, 0.5) is 0 Å². The van der Waals surface area contributed by atoms with Crippen molar-refractivity contribution in [3.63, 3.8) is 0 Å². The molecule has 1 unspecified atom stereocenters. The maximum Gasteiger partial charge on any atom is 0.346 e. The minimum atomic E-state index is -0.592. The molecule has 0 fully saturated rings. The van der Waals surface area contributed by atoms with Gasteiger partial charge in [-0.25, -0.2) is 4.79 Å². The van der Waals surface area contributed by atoms with Crippen LogP contribution in [0.1, 0.15) is 27.2 Å². The maximum absolute atomic E-state index is 11.9. The van der Waals surface area contributed by atoms with Gasteiger partial charge in [0.05, 0.1) is 13.7 Å². The molecule has 1 atom stereocenters. The molecule has 0 N–H and O–H groups in total. The van der Waals surface area contributed by atoms with Crippen molar-refractivity contribution < 1.29 is 23.9 Å². The molecule has 0 aromatic heterocycles. The van der Waals surface area contributed by atoms with Crippen molar-refractivity contribution in [3.05, 3.63) is 10.6 Å². The van der Waals surface area contributed by atoms with Crippen LogP contribution >= 0.6 is 11.8 Å². The molecule has 0 saturated carbocycles. The van der Waals surface area contributed by atoms with Gasteiger partial charge in [-0.15, -0.1) is 0 Å². The molecule has 19 heavy (non-hydrogen) atoms. The number of thioether (sulfide) groups is 1. The van der Waals surface area contributed by atoms with E-state index < -0.39 is 17.4 Å². The number of ether oxygens (including phenoxy) is 2. The molecule has 1 heterocycles. The van der Waals surface area contributed by atoms with Gasteiger partial charge in [-0.2, -0.15) is 0 Å². The van der Waals surface area contributed by atoms with Crippen molar-refractivity contribution in [3.8, 4) is 0 Å². The van der Waals surface area contributed by atoms with Gasteiger partial charge >= 0.3 is 11.9 Å². The Kier molecular flexibility index (Phi) is 5.41. The number of esters is 2. The summed E-state index contributed by atoms with van der Waals surface area (Å²) in [6.07, 6.45) is 0.309. The van der Waals surface area contributed by atoms with Crippen molar-refractivity contribution in [2.24, 2.45) is 0 Å². The molecule has 0 radical (unpaired) electrons. The van der Waals surface area contributed by atoms with Crippen LogP contribution in [0.15, 0.2) is 10.6 Å². The fraction of sp³-hybridized carbons (Fsp3) is 0.583. The largest absolute Gasteiger partial charge is 0.465 e. The number of hydrogen-bond acceptors (Lipinski definition) is 6. The number of carbonyl (C=O) groups excluding carboxylic acids is 3. The van der Waals surface area contributed by atoms with E-state index >= 15 is 0 Å². The van der Waals surface area contributed by atoms with E-state index in [2.05, 4.69) is 4.74 Å². The molecule has 7 heteroatoms. The summed E-state index contributed by atoms with van der Waals surface area (Å²) in [6.45, 7) is 4.94. The van der Waals surface area contributed by atoms with Crippen LogP contribution in [0, 0.1) is 0 Å². The Hall–Kier alpha value is -1.50. The van der Waals surface area contributed by atoms with Crippen molar-refractivity contribution in [1.82, 2.24) is 4.90 Å². The number of allylic oxidation sites excluding steroid dienone is 1. The summed E-state index contributed by atoms with van der Waals surface area (Å²) in [6, 6.07) is 0. The van der Waals surface area contributed by atoms with Gasteiger partial charge in [-0.05, 0) is 6.92 Å². The first-order chi connectivity index (χ1) is 8.90. The second-order valence-corrected chi connectivity index (χ2v) is 5.09. The van der Waals surface area contributed by atoms with Gasteiger partial charge in [-0.3, -0.25) is 9.59 Å². The first kappa shape index (κ1) is 15.6. The monoisotopic (exact) mass is 287 g/mol. The highest BCUT2D eigenvalue weighted by atomic mass is 32.2. The second-order valence-electron chi connectivity index (χ2n) is 3.92. The van der Waals surface area contributed by atoms with Gasteiger partial charge in [0.15, 0.2) is 5.44 Å². The highest BCUT2D eigenvalue weighted by Gasteiger charge is 2.33. The van der Waals surface area contributed by atoms with Gasteiger partial charge < -0.3 is 14.4 Å². The molecular formula is C12H17NO5S. The van der Waals surface area contributed by atoms with E-state index in [0.717, 1.165) is 11.8 Å². The Balaban J connectivity index is 3.05. The molecule has 1 amide bonds. The molecule has 106 valence electrons. The van der Waals surface area contributed by atoms with E-state index in [9.17, 15) is 14.4 Å². The summed E-state index contributed by atoms with van der Waals surface area (Å²) >= 11 is 1.10. The number of amides is 1. The molecule has 6 nitrogen and oxygen atoms in total. The number of rotatable bonds is 3. The minimum Gasteiger partial charge on any atom is -0.465 e. The average Bonchev–Trinajstić information content (AvgIpc) is 2.38. The van der Waals surface area contributed by atoms with Crippen molar-refractivity contribution in [2.75, 3.05) is 13.7 Å². The highest BCUT2D eigenvalue weighted by molar-refractivity contribution is 8.04. The molecule has 0 aromatic rings. The van der Waals surface area contributed by atoms with Crippen LogP contribution in [-0.2, 0) is 23.9 Å². The quantitative estimate of drug-likeness (QED) is 0.728. The molecule has 1 aliphatic heterocycles. The molecule has 1 aliphatic rings. The van der Waals surface area contributed by atoms with Gasteiger partial charge in [0.1, 0.15) is 4.91 Å². The molecule has 0 aromatic carbocycles. The predicted molar refractivity (Wildman–Crippen MR) is 69.9 cm³/mol. The van der Waals surface area contributed by atoms with Crippen LogP contribution in [0.3, 0.4) is 0 Å². The van der Waals surface area contributed by atoms with Crippen molar-refractivity contribution in [1.29, 1.82) is 0 Å². The Bertz CT molecular complexity index is 432. The average molecular weight is 287 g/mol. The highest BCUT2D eigenvalue weighted by Crippen LogP contribution is 2.34. The lowest BCUT2D eigenvalue weighted by Gasteiger charge is -2.33. The lowest BCUT2D eigenvalue weighted by Crippen LogP contribution is -2.40. The number of hydrogen-bond donors (Lipinski definition) is 0. The second kappa shape index (κ2) is 6.60. The molecule has 1 rings (SSSR count). The first-order valence-electron chi connectivity index (χ1n) is 5.84. The zero-order valence-corrected chi connectivity index (χ0v) is 12.2. The fourth-order valence-electron chi connectivity index (χ4n) is 1.68. The maximum atomic E-state index is 11.9. The van der Waals surface area contributed by atoms with E-state index in [1.807, 2.05) is 0 Å². The van der Waals surface area contributed by atoms with Crippen LogP contribution in [0.25, 0.3) is 0 Å². The number of nitrogens with zero attached hydrogens (tertiary/aromatic N) is 1. The van der Waals surface area contributed by atoms with Gasteiger partial charge in [0.25, 0.3) is 0 Å². The Labute approximate surface area is 116 Å². The predicted octanol–water partition coefficient (Wildman–Crippen LogP) is 1.27. The third-order valence-electron chi connectivity index (χ3n) is 2.59. The zero-order chi connectivity index (χ0) is 14.6. The van der Waals surface area contributed by atoms with Crippen LogP contribution in [0.5, 0.6) is 0 Å². The summed E-state index contributed by atoms with van der Waals surface area (Å²) < 4.78 is 9.76. The number of methoxy groups -OCH3 is 1. The molecular weight excluding hydrogens is 270 g/mol. The summed E-state index contributed by atoms with van der Waals surface area (Å²) in [4.78, 5) is 36.3.